The van der Waals surface area contributed by atoms with Gasteiger partial charge in [-0.25, -0.2) is 4.98 Å². The van der Waals surface area contributed by atoms with Gasteiger partial charge >= 0.3 is 0 Å². The third-order valence-electron chi connectivity index (χ3n) is 4.88. The molecule has 0 saturated carbocycles. The average molecular weight is 374 g/mol. The van der Waals surface area contributed by atoms with Gasteiger partial charge in [0.25, 0.3) is 5.56 Å². The van der Waals surface area contributed by atoms with E-state index in [0.29, 0.717) is 29.6 Å². The number of para-hydroxylation sites is 1. The minimum atomic E-state index is -0.101. The zero-order valence-corrected chi connectivity index (χ0v) is 15.7. The standard InChI is InChI=1S/C22H22N4O2/c1-2-5-21(27)25-16-8-9-20-18(12-16)22(28)26(14-24-20)11-10-15-13-23-19-7-4-3-6-17(15)19/h3-4,6-9,12-14,23H,2,5,10-11H2,1H3,(H,25,27). The first-order valence-corrected chi connectivity index (χ1v) is 9.50. The molecule has 1 amide bonds. The van der Waals surface area contributed by atoms with E-state index >= 15 is 0 Å². The van der Waals surface area contributed by atoms with Gasteiger partial charge < -0.3 is 10.3 Å². The zero-order chi connectivity index (χ0) is 19.5. The Balaban J connectivity index is 1.59. The van der Waals surface area contributed by atoms with E-state index in [4.69, 9.17) is 0 Å². The van der Waals surface area contributed by atoms with Crippen molar-refractivity contribution < 1.29 is 4.79 Å². The van der Waals surface area contributed by atoms with Crippen molar-refractivity contribution in [1.82, 2.24) is 14.5 Å². The summed E-state index contributed by atoms with van der Waals surface area (Å²) in [7, 11) is 0. The second-order valence-electron chi connectivity index (χ2n) is 6.88. The summed E-state index contributed by atoms with van der Waals surface area (Å²) in [6.45, 7) is 2.49. The van der Waals surface area contributed by atoms with E-state index in [1.54, 1.807) is 29.1 Å². The fourth-order valence-electron chi connectivity index (χ4n) is 3.43. The molecule has 0 aliphatic heterocycles. The van der Waals surface area contributed by atoms with Crippen molar-refractivity contribution in [3.63, 3.8) is 0 Å². The lowest BCUT2D eigenvalue weighted by Crippen LogP contribution is -2.22. The van der Waals surface area contributed by atoms with Crippen LogP contribution in [-0.4, -0.2) is 20.4 Å². The van der Waals surface area contributed by atoms with E-state index in [1.165, 1.54) is 10.9 Å². The largest absolute Gasteiger partial charge is 0.361 e. The van der Waals surface area contributed by atoms with Crippen LogP contribution in [0.3, 0.4) is 0 Å². The number of benzene rings is 2. The molecule has 4 aromatic rings. The van der Waals surface area contributed by atoms with Crippen LogP contribution in [0.2, 0.25) is 0 Å². The van der Waals surface area contributed by atoms with Gasteiger partial charge in [0.2, 0.25) is 5.91 Å². The van der Waals surface area contributed by atoms with Gasteiger partial charge in [-0.15, -0.1) is 0 Å². The van der Waals surface area contributed by atoms with E-state index in [0.717, 1.165) is 18.4 Å². The van der Waals surface area contributed by atoms with Gasteiger partial charge in [-0.1, -0.05) is 25.1 Å². The highest BCUT2D eigenvalue weighted by Gasteiger charge is 2.09. The molecular weight excluding hydrogens is 352 g/mol. The fraction of sp³-hybridized carbons (Fsp3) is 0.227. The Hall–Kier alpha value is -3.41. The molecule has 2 heterocycles. The number of aromatic nitrogens is 3. The van der Waals surface area contributed by atoms with Crippen molar-refractivity contribution in [3.05, 3.63) is 70.9 Å². The molecule has 2 aromatic heterocycles. The summed E-state index contributed by atoms with van der Waals surface area (Å²) >= 11 is 0. The molecular formula is C22H22N4O2. The molecule has 0 bridgehead atoms. The summed E-state index contributed by atoms with van der Waals surface area (Å²) in [6.07, 6.45) is 5.55. The molecule has 2 N–H and O–H groups in total. The number of aromatic amines is 1. The number of carbonyl (C=O) groups excluding carboxylic acids is 1. The van der Waals surface area contributed by atoms with Crippen LogP contribution in [0.25, 0.3) is 21.8 Å². The third kappa shape index (κ3) is 3.53. The minimum Gasteiger partial charge on any atom is -0.361 e. The predicted molar refractivity (Wildman–Crippen MR) is 112 cm³/mol. The number of fused-ring (bicyclic) bond motifs is 2. The van der Waals surface area contributed by atoms with E-state index in [2.05, 4.69) is 21.4 Å². The lowest BCUT2D eigenvalue weighted by atomic mass is 10.1. The van der Waals surface area contributed by atoms with Crippen LogP contribution in [0.1, 0.15) is 25.3 Å². The Kier molecular flexibility index (Phi) is 4.93. The van der Waals surface area contributed by atoms with Gasteiger partial charge in [0.1, 0.15) is 0 Å². The SMILES string of the molecule is CCCC(=O)Nc1ccc2ncn(CCc3c[nH]c4ccccc34)c(=O)c2c1. The average Bonchev–Trinajstić information content (AvgIpc) is 3.11. The summed E-state index contributed by atoms with van der Waals surface area (Å²) in [5, 5.41) is 4.52. The Morgan fingerprint density at radius 1 is 1.18 bits per heavy atom. The highest BCUT2D eigenvalue weighted by Crippen LogP contribution is 2.19. The number of anilines is 1. The molecule has 0 radical (unpaired) electrons. The first kappa shape index (κ1) is 18.0. The molecule has 28 heavy (non-hydrogen) atoms. The molecule has 6 heteroatoms. The summed E-state index contributed by atoms with van der Waals surface area (Å²) in [6, 6.07) is 13.4. The number of nitrogens with zero attached hydrogens (tertiary/aromatic N) is 2. The molecule has 4 rings (SSSR count). The van der Waals surface area contributed by atoms with Crippen LogP contribution in [0.5, 0.6) is 0 Å². The predicted octanol–water partition coefficient (Wildman–Crippen LogP) is 3.86. The number of hydrogen-bond acceptors (Lipinski definition) is 3. The van der Waals surface area contributed by atoms with Crippen LogP contribution in [-0.2, 0) is 17.8 Å². The Morgan fingerprint density at radius 3 is 2.89 bits per heavy atom. The number of nitrogens with one attached hydrogen (secondary N) is 2. The molecule has 0 saturated heterocycles. The van der Waals surface area contributed by atoms with Crippen LogP contribution in [0.15, 0.2) is 59.8 Å². The maximum atomic E-state index is 12.9. The number of aryl methyl sites for hydroxylation is 2. The Bertz CT molecular complexity index is 1210. The topological polar surface area (TPSA) is 79.8 Å². The summed E-state index contributed by atoms with van der Waals surface area (Å²) in [4.78, 5) is 32.4. The maximum absolute atomic E-state index is 12.9. The molecule has 142 valence electrons. The lowest BCUT2D eigenvalue weighted by Gasteiger charge is -2.08. The van der Waals surface area contributed by atoms with E-state index in [1.807, 2.05) is 31.3 Å². The second-order valence-corrected chi connectivity index (χ2v) is 6.88. The van der Waals surface area contributed by atoms with Crippen molar-refractivity contribution in [3.8, 4) is 0 Å². The number of amides is 1. The third-order valence-corrected chi connectivity index (χ3v) is 4.88. The zero-order valence-electron chi connectivity index (χ0n) is 15.7. The van der Waals surface area contributed by atoms with Gasteiger partial charge in [0.05, 0.1) is 17.2 Å². The first-order chi connectivity index (χ1) is 13.7. The number of rotatable bonds is 6. The van der Waals surface area contributed by atoms with Crippen molar-refractivity contribution in [2.45, 2.75) is 32.7 Å². The quantitative estimate of drug-likeness (QED) is 0.538. The van der Waals surface area contributed by atoms with Gasteiger partial charge in [0, 0.05) is 35.8 Å². The molecule has 0 atom stereocenters. The number of H-pyrrole nitrogens is 1. The van der Waals surface area contributed by atoms with Crippen molar-refractivity contribution >= 4 is 33.4 Å². The highest BCUT2D eigenvalue weighted by atomic mass is 16.1. The molecule has 0 spiro atoms. The van der Waals surface area contributed by atoms with Crippen LogP contribution >= 0.6 is 0 Å². The molecule has 0 aliphatic carbocycles. The van der Waals surface area contributed by atoms with Gasteiger partial charge in [-0.2, -0.15) is 0 Å². The second kappa shape index (κ2) is 7.68. The van der Waals surface area contributed by atoms with Gasteiger partial charge in [0.15, 0.2) is 0 Å². The normalized spacial score (nSPS) is 11.2. The molecule has 0 unspecified atom stereocenters. The number of carbonyl (C=O) groups is 1. The first-order valence-electron chi connectivity index (χ1n) is 9.50. The van der Waals surface area contributed by atoms with E-state index in [-0.39, 0.29) is 11.5 Å². The Labute approximate surface area is 162 Å². The van der Waals surface area contributed by atoms with Crippen LogP contribution in [0.4, 0.5) is 5.69 Å². The fourth-order valence-corrected chi connectivity index (χ4v) is 3.43. The molecule has 0 aliphatic rings. The maximum Gasteiger partial charge on any atom is 0.261 e. The Morgan fingerprint density at radius 2 is 2.04 bits per heavy atom. The van der Waals surface area contributed by atoms with E-state index in [9.17, 15) is 9.59 Å². The van der Waals surface area contributed by atoms with Crippen LogP contribution in [0, 0.1) is 0 Å². The van der Waals surface area contributed by atoms with E-state index < -0.39 is 0 Å². The molecule has 2 aromatic carbocycles. The lowest BCUT2D eigenvalue weighted by molar-refractivity contribution is -0.116. The summed E-state index contributed by atoms with van der Waals surface area (Å²) in [5.41, 5.74) is 3.41. The number of hydrogen-bond donors (Lipinski definition) is 2. The summed E-state index contributed by atoms with van der Waals surface area (Å²) in [5.74, 6) is -0.0506. The highest BCUT2D eigenvalue weighted by molar-refractivity contribution is 5.93. The van der Waals surface area contributed by atoms with Gasteiger partial charge in [-0.3, -0.25) is 14.2 Å². The van der Waals surface area contributed by atoms with Gasteiger partial charge in [-0.05, 0) is 42.7 Å². The monoisotopic (exact) mass is 374 g/mol. The van der Waals surface area contributed by atoms with Crippen molar-refractivity contribution in [2.24, 2.45) is 0 Å². The van der Waals surface area contributed by atoms with Crippen LogP contribution < -0.4 is 10.9 Å². The summed E-state index contributed by atoms with van der Waals surface area (Å²) < 4.78 is 1.63. The molecule has 6 nitrogen and oxygen atoms in total. The minimum absolute atomic E-state index is 0.0506. The molecule has 0 fully saturated rings. The van der Waals surface area contributed by atoms with Crippen molar-refractivity contribution in [1.29, 1.82) is 0 Å². The smallest absolute Gasteiger partial charge is 0.261 e. The van der Waals surface area contributed by atoms with Crippen molar-refractivity contribution in [2.75, 3.05) is 5.32 Å².